The van der Waals surface area contributed by atoms with Crippen LogP contribution in [0.1, 0.15) is 12.5 Å². The lowest BCUT2D eigenvalue weighted by atomic mass is 10.1. The highest BCUT2D eigenvalue weighted by Gasteiger charge is 2.06. The van der Waals surface area contributed by atoms with Gasteiger partial charge in [-0.15, -0.1) is 0 Å². The average molecular weight is 261 g/mol. The summed E-state index contributed by atoms with van der Waals surface area (Å²) in [5, 5.41) is 0. The molecule has 0 spiro atoms. The predicted molar refractivity (Wildman–Crippen MR) is 54.4 cm³/mol. The first-order valence-electron chi connectivity index (χ1n) is 4.23. The molecule has 0 fully saturated rings. The molecule has 2 nitrogen and oxygen atoms in total. The molecule has 1 rings (SSSR count). The number of halogens is 2. The van der Waals surface area contributed by atoms with Crippen LogP contribution in [-0.4, -0.2) is 12.6 Å². The molecule has 4 heteroatoms. The molecule has 0 aliphatic carbocycles. The second-order valence-corrected chi connectivity index (χ2v) is 3.58. The maximum atomic E-state index is 12.8. The van der Waals surface area contributed by atoms with Crippen molar-refractivity contribution in [3.05, 3.63) is 34.1 Å². The van der Waals surface area contributed by atoms with Gasteiger partial charge in [0, 0.05) is 0 Å². The molecule has 0 amide bonds. The molecular weight excluding hydrogens is 251 g/mol. The Kier molecular flexibility index (Phi) is 4.07. The summed E-state index contributed by atoms with van der Waals surface area (Å²) in [5.41, 5.74) is 0.733. The van der Waals surface area contributed by atoms with Gasteiger partial charge in [-0.2, -0.15) is 0 Å². The van der Waals surface area contributed by atoms with Crippen LogP contribution in [-0.2, 0) is 16.0 Å². The summed E-state index contributed by atoms with van der Waals surface area (Å²) in [6.07, 6.45) is 0.173. The van der Waals surface area contributed by atoms with Crippen LogP contribution >= 0.6 is 15.9 Å². The second kappa shape index (κ2) is 5.10. The maximum absolute atomic E-state index is 12.8. The number of carbonyl (C=O) groups is 1. The molecule has 0 aliphatic heterocycles. The highest BCUT2D eigenvalue weighted by Crippen LogP contribution is 2.17. The molecule has 0 bridgehead atoms. The number of carbonyl (C=O) groups excluding carboxylic acids is 1. The molecule has 0 heterocycles. The van der Waals surface area contributed by atoms with Gasteiger partial charge >= 0.3 is 5.97 Å². The Morgan fingerprint density at radius 2 is 2.29 bits per heavy atom. The van der Waals surface area contributed by atoms with Crippen molar-refractivity contribution in [2.45, 2.75) is 13.3 Å². The van der Waals surface area contributed by atoms with Gasteiger partial charge < -0.3 is 4.74 Å². The first kappa shape index (κ1) is 11.2. The topological polar surface area (TPSA) is 26.3 Å². The number of rotatable bonds is 3. The Morgan fingerprint density at radius 3 is 2.86 bits per heavy atom. The summed E-state index contributed by atoms with van der Waals surface area (Å²) in [5.74, 6) is -0.636. The summed E-state index contributed by atoms with van der Waals surface area (Å²) in [6.45, 7) is 2.11. The van der Waals surface area contributed by atoms with Crippen molar-refractivity contribution in [1.29, 1.82) is 0 Å². The SMILES string of the molecule is CCOC(=O)Cc1ccc(F)c(Br)c1. The van der Waals surface area contributed by atoms with Crippen molar-refractivity contribution in [2.24, 2.45) is 0 Å². The fraction of sp³-hybridized carbons (Fsp3) is 0.300. The van der Waals surface area contributed by atoms with Gasteiger partial charge in [0.25, 0.3) is 0 Å². The smallest absolute Gasteiger partial charge is 0.310 e. The number of esters is 1. The van der Waals surface area contributed by atoms with Crippen molar-refractivity contribution in [3.8, 4) is 0 Å². The summed E-state index contributed by atoms with van der Waals surface area (Å²) >= 11 is 3.05. The van der Waals surface area contributed by atoms with E-state index in [1.807, 2.05) is 0 Å². The van der Waals surface area contributed by atoms with Crippen LogP contribution in [0.3, 0.4) is 0 Å². The van der Waals surface area contributed by atoms with Crippen molar-refractivity contribution in [2.75, 3.05) is 6.61 Å². The highest BCUT2D eigenvalue weighted by molar-refractivity contribution is 9.10. The number of hydrogen-bond acceptors (Lipinski definition) is 2. The second-order valence-electron chi connectivity index (χ2n) is 2.73. The Hall–Kier alpha value is -0.900. The third-order valence-electron chi connectivity index (χ3n) is 1.64. The monoisotopic (exact) mass is 260 g/mol. The molecule has 0 radical (unpaired) electrons. The van der Waals surface area contributed by atoms with Crippen LogP contribution in [0, 0.1) is 5.82 Å². The molecule has 1 aromatic rings. The molecule has 0 N–H and O–H groups in total. The molecule has 14 heavy (non-hydrogen) atoms. The van der Waals surface area contributed by atoms with Crippen LogP contribution in [0.15, 0.2) is 22.7 Å². The number of hydrogen-bond donors (Lipinski definition) is 0. The molecule has 0 aliphatic rings. The van der Waals surface area contributed by atoms with E-state index in [0.717, 1.165) is 5.56 Å². The van der Waals surface area contributed by atoms with Crippen molar-refractivity contribution >= 4 is 21.9 Å². The molecule has 76 valence electrons. The number of benzene rings is 1. The van der Waals surface area contributed by atoms with Crippen LogP contribution in [0.4, 0.5) is 4.39 Å². The van der Waals surface area contributed by atoms with Gasteiger partial charge in [0.05, 0.1) is 17.5 Å². The Bertz CT molecular complexity index is 339. The fourth-order valence-corrected chi connectivity index (χ4v) is 1.45. The molecule has 1 aromatic carbocycles. The van der Waals surface area contributed by atoms with Gasteiger partial charge in [0.1, 0.15) is 5.82 Å². The van der Waals surface area contributed by atoms with Crippen molar-refractivity contribution in [1.82, 2.24) is 0 Å². The van der Waals surface area contributed by atoms with E-state index in [0.29, 0.717) is 11.1 Å². The first-order valence-corrected chi connectivity index (χ1v) is 5.02. The average Bonchev–Trinajstić information content (AvgIpc) is 2.12. The van der Waals surface area contributed by atoms with E-state index in [1.54, 1.807) is 19.1 Å². The first-order chi connectivity index (χ1) is 6.63. The Labute approximate surface area is 90.2 Å². The van der Waals surface area contributed by atoms with E-state index >= 15 is 0 Å². The molecule has 0 unspecified atom stereocenters. The standard InChI is InChI=1S/C10H10BrFO2/c1-2-14-10(13)6-7-3-4-9(12)8(11)5-7/h3-5H,2,6H2,1H3. The largest absolute Gasteiger partial charge is 0.466 e. The zero-order chi connectivity index (χ0) is 10.6. The summed E-state index contributed by atoms with van der Waals surface area (Å²) in [6, 6.07) is 4.46. The van der Waals surface area contributed by atoms with Crippen molar-refractivity contribution < 1.29 is 13.9 Å². The Balaban J connectivity index is 2.68. The Morgan fingerprint density at radius 1 is 1.57 bits per heavy atom. The van der Waals surface area contributed by atoms with E-state index in [-0.39, 0.29) is 18.2 Å². The molecule has 0 saturated carbocycles. The predicted octanol–water partition coefficient (Wildman–Crippen LogP) is 2.69. The van der Waals surface area contributed by atoms with Crippen molar-refractivity contribution in [3.63, 3.8) is 0 Å². The minimum atomic E-state index is -0.336. The summed E-state index contributed by atoms with van der Waals surface area (Å²) in [7, 11) is 0. The van der Waals surface area contributed by atoms with Gasteiger partial charge in [-0.3, -0.25) is 4.79 Å². The highest BCUT2D eigenvalue weighted by atomic mass is 79.9. The van der Waals surface area contributed by atoms with Crippen LogP contribution in [0.5, 0.6) is 0 Å². The van der Waals surface area contributed by atoms with Crippen LogP contribution in [0.2, 0.25) is 0 Å². The van der Waals surface area contributed by atoms with Crippen LogP contribution in [0.25, 0.3) is 0 Å². The summed E-state index contributed by atoms with van der Waals surface area (Å²) in [4.78, 5) is 11.1. The molecular formula is C10H10BrFO2. The van der Waals surface area contributed by atoms with E-state index < -0.39 is 0 Å². The molecule has 0 saturated heterocycles. The van der Waals surface area contributed by atoms with E-state index in [9.17, 15) is 9.18 Å². The van der Waals surface area contributed by atoms with Gasteiger partial charge in [0.2, 0.25) is 0 Å². The maximum Gasteiger partial charge on any atom is 0.310 e. The fourth-order valence-electron chi connectivity index (χ4n) is 1.03. The lowest BCUT2D eigenvalue weighted by molar-refractivity contribution is -0.142. The van der Waals surface area contributed by atoms with Gasteiger partial charge in [-0.05, 0) is 40.5 Å². The van der Waals surface area contributed by atoms with Gasteiger partial charge in [0.15, 0.2) is 0 Å². The minimum Gasteiger partial charge on any atom is -0.466 e. The third-order valence-corrected chi connectivity index (χ3v) is 2.25. The zero-order valence-electron chi connectivity index (χ0n) is 7.72. The number of ether oxygens (including phenoxy) is 1. The lowest BCUT2D eigenvalue weighted by Crippen LogP contribution is -2.07. The van der Waals surface area contributed by atoms with E-state index in [4.69, 9.17) is 4.74 Å². The van der Waals surface area contributed by atoms with Gasteiger partial charge in [-0.1, -0.05) is 6.07 Å². The zero-order valence-corrected chi connectivity index (χ0v) is 9.30. The summed E-state index contributed by atoms with van der Waals surface area (Å²) < 4.78 is 17.9. The van der Waals surface area contributed by atoms with Crippen LogP contribution < -0.4 is 0 Å². The lowest BCUT2D eigenvalue weighted by Gasteiger charge is -2.02. The quantitative estimate of drug-likeness (QED) is 0.782. The minimum absolute atomic E-state index is 0.173. The normalized spacial score (nSPS) is 9.93. The third kappa shape index (κ3) is 3.10. The molecule has 0 aromatic heterocycles. The molecule has 0 atom stereocenters. The van der Waals surface area contributed by atoms with Gasteiger partial charge in [-0.25, -0.2) is 4.39 Å². The van der Waals surface area contributed by atoms with E-state index in [2.05, 4.69) is 15.9 Å². The van der Waals surface area contributed by atoms with E-state index in [1.165, 1.54) is 6.07 Å².